The zero-order valence-electron chi connectivity index (χ0n) is 21.5. The number of aromatic nitrogens is 3. The van der Waals surface area contributed by atoms with Gasteiger partial charge in [0.05, 0.1) is 36.3 Å². The Morgan fingerprint density at radius 3 is 2.58 bits per heavy atom. The van der Waals surface area contributed by atoms with Gasteiger partial charge in [-0.05, 0) is 64.0 Å². The third-order valence-corrected chi connectivity index (χ3v) is 8.17. The molecule has 3 heterocycles. The summed E-state index contributed by atoms with van der Waals surface area (Å²) in [7, 11) is 1.59. The maximum Gasteiger partial charge on any atom is 0.333 e. The van der Waals surface area contributed by atoms with Crippen LogP contribution in [0, 0.1) is 0 Å². The topological polar surface area (TPSA) is 82.5 Å². The lowest BCUT2D eigenvalue weighted by molar-refractivity contribution is 0.0710. The van der Waals surface area contributed by atoms with E-state index < -0.39 is 0 Å². The van der Waals surface area contributed by atoms with Crippen LogP contribution in [-0.4, -0.2) is 38.6 Å². The van der Waals surface area contributed by atoms with Crippen LogP contribution in [0.15, 0.2) is 92.7 Å². The van der Waals surface area contributed by atoms with Crippen LogP contribution in [0.2, 0.25) is 5.02 Å². The van der Waals surface area contributed by atoms with Gasteiger partial charge in [-0.25, -0.2) is 9.78 Å². The first-order valence-electron chi connectivity index (χ1n) is 12.6. The van der Waals surface area contributed by atoms with Crippen molar-refractivity contribution in [1.29, 1.82) is 0 Å². The van der Waals surface area contributed by atoms with Gasteiger partial charge >= 0.3 is 5.69 Å². The minimum atomic E-state index is -0.225. The van der Waals surface area contributed by atoms with E-state index in [1.165, 1.54) is 0 Å². The highest BCUT2D eigenvalue weighted by Crippen LogP contribution is 2.31. The van der Waals surface area contributed by atoms with Crippen molar-refractivity contribution in [2.75, 3.05) is 13.7 Å². The lowest BCUT2D eigenvalue weighted by Crippen LogP contribution is -2.40. The van der Waals surface area contributed by atoms with Crippen molar-refractivity contribution in [3.8, 4) is 23.0 Å². The van der Waals surface area contributed by atoms with E-state index in [9.17, 15) is 9.59 Å². The number of amides is 1. The molecule has 10 heteroatoms. The molecule has 3 aromatic carbocycles. The first-order chi connectivity index (χ1) is 19.4. The molecule has 6 rings (SSSR count). The third-order valence-electron chi connectivity index (χ3n) is 6.94. The van der Waals surface area contributed by atoms with E-state index in [2.05, 4.69) is 20.9 Å². The number of oxazole rings is 1. The molecule has 0 aliphatic carbocycles. The maximum atomic E-state index is 13.8. The van der Waals surface area contributed by atoms with Crippen molar-refractivity contribution in [1.82, 2.24) is 19.0 Å². The molecule has 202 valence electrons. The molecule has 0 fully saturated rings. The number of ether oxygens (including phenoxy) is 1. The maximum absolute atomic E-state index is 13.8. The molecule has 1 aliphatic rings. The van der Waals surface area contributed by atoms with Gasteiger partial charge in [-0.2, -0.15) is 0 Å². The van der Waals surface area contributed by atoms with E-state index >= 15 is 0 Å². The summed E-state index contributed by atoms with van der Waals surface area (Å²) in [5.41, 5.74) is 3.14. The number of carbonyl (C=O) groups is 1. The monoisotopic (exact) mass is 618 g/mol. The summed E-state index contributed by atoms with van der Waals surface area (Å²) in [5, 5.41) is 0.455. The van der Waals surface area contributed by atoms with Crippen molar-refractivity contribution >= 4 is 33.4 Å². The van der Waals surface area contributed by atoms with Crippen LogP contribution in [0.3, 0.4) is 0 Å². The highest BCUT2D eigenvalue weighted by atomic mass is 79.9. The van der Waals surface area contributed by atoms with Crippen molar-refractivity contribution in [2.24, 2.45) is 0 Å². The number of nitrogens with zero attached hydrogens (tertiary/aromatic N) is 4. The molecule has 0 N–H and O–H groups in total. The van der Waals surface area contributed by atoms with Gasteiger partial charge in [0.25, 0.3) is 5.91 Å². The third kappa shape index (κ3) is 4.87. The number of hydrogen-bond donors (Lipinski definition) is 0. The van der Waals surface area contributed by atoms with E-state index in [0.717, 1.165) is 5.56 Å². The average Bonchev–Trinajstić information content (AvgIpc) is 3.56. The quantitative estimate of drug-likeness (QED) is 0.234. The van der Waals surface area contributed by atoms with Crippen molar-refractivity contribution in [3.63, 3.8) is 0 Å². The molecule has 0 radical (unpaired) electrons. The lowest BCUT2D eigenvalue weighted by atomic mass is 10.1. The smallest absolute Gasteiger partial charge is 0.333 e. The average molecular weight is 620 g/mol. The van der Waals surface area contributed by atoms with Gasteiger partial charge in [0.2, 0.25) is 5.89 Å². The predicted octanol–water partition coefficient (Wildman–Crippen LogP) is 5.97. The number of fused-ring (bicyclic) bond motifs is 1. The lowest BCUT2D eigenvalue weighted by Gasteiger charge is -2.28. The Balaban J connectivity index is 1.43. The molecule has 2 aromatic heterocycles. The number of methoxy groups -OCH3 is 1. The van der Waals surface area contributed by atoms with Gasteiger partial charge in [0.1, 0.15) is 17.2 Å². The van der Waals surface area contributed by atoms with Gasteiger partial charge in [-0.15, -0.1) is 0 Å². The first-order valence-corrected chi connectivity index (χ1v) is 13.8. The second kappa shape index (κ2) is 10.8. The SMILES string of the molecule is COc1ccc(-n2c(-c3ncc(Cc4ccccc4)o3)c3n(c2=O)CCN(C(=O)c2ccc(Br)c(Cl)c2)C3)cc1. The Morgan fingerprint density at radius 1 is 1.07 bits per heavy atom. The molecule has 0 spiro atoms. The summed E-state index contributed by atoms with van der Waals surface area (Å²) in [6, 6.07) is 22.3. The number of imidazole rings is 1. The second-order valence-electron chi connectivity index (χ2n) is 9.41. The Labute approximate surface area is 243 Å². The normalized spacial score (nSPS) is 12.8. The number of hydrogen-bond acceptors (Lipinski definition) is 5. The summed E-state index contributed by atoms with van der Waals surface area (Å²) in [6.07, 6.45) is 2.25. The van der Waals surface area contributed by atoms with Crippen molar-refractivity contribution < 1.29 is 13.9 Å². The summed E-state index contributed by atoms with van der Waals surface area (Å²) < 4.78 is 15.5. The number of benzene rings is 3. The first kappa shape index (κ1) is 26.2. The van der Waals surface area contributed by atoms with E-state index in [1.54, 1.807) is 57.7 Å². The van der Waals surface area contributed by atoms with Gasteiger partial charge < -0.3 is 14.1 Å². The summed E-state index contributed by atoms with van der Waals surface area (Å²) >= 11 is 9.63. The fourth-order valence-electron chi connectivity index (χ4n) is 4.93. The molecule has 1 amide bonds. The van der Waals surface area contributed by atoms with Crippen LogP contribution in [-0.2, 0) is 19.5 Å². The van der Waals surface area contributed by atoms with Crippen LogP contribution >= 0.6 is 27.5 Å². The number of rotatable bonds is 6. The van der Waals surface area contributed by atoms with Crippen molar-refractivity contribution in [3.05, 3.63) is 122 Å². The molecule has 0 unspecified atom stereocenters. The Hall–Kier alpha value is -4.08. The molecule has 0 bridgehead atoms. The number of carbonyl (C=O) groups excluding carboxylic acids is 1. The Bertz CT molecular complexity index is 1760. The standard InChI is InChI=1S/C30H24BrClN4O4/c1-39-22-10-8-21(9-11-22)36-27(28-33-17-23(40-28)15-19-5-3-2-4-6-19)26-18-34(13-14-35(26)30(36)38)29(37)20-7-12-24(31)25(32)16-20/h2-12,16-17H,13-15,18H2,1H3. The molecule has 8 nitrogen and oxygen atoms in total. The molecule has 0 saturated heterocycles. The van der Waals surface area contributed by atoms with Crippen LogP contribution in [0.1, 0.15) is 27.4 Å². The van der Waals surface area contributed by atoms with E-state index in [0.29, 0.717) is 69.0 Å². The van der Waals surface area contributed by atoms with Gasteiger partial charge in [0.15, 0.2) is 0 Å². The molecule has 5 aromatic rings. The Kier molecular flexibility index (Phi) is 7.08. The minimum Gasteiger partial charge on any atom is -0.497 e. The summed E-state index contributed by atoms with van der Waals surface area (Å²) in [5.74, 6) is 1.48. The zero-order chi connectivity index (χ0) is 27.8. The second-order valence-corrected chi connectivity index (χ2v) is 10.7. The fourth-order valence-corrected chi connectivity index (χ4v) is 5.36. The van der Waals surface area contributed by atoms with Crippen molar-refractivity contribution in [2.45, 2.75) is 19.5 Å². The van der Waals surface area contributed by atoms with Gasteiger partial charge in [-0.3, -0.25) is 13.9 Å². The van der Waals surface area contributed by atoms with Crippen LogP contribution < -0.4 is 10.4 Å². The Morgan fingerprint density at radius 2 is 1.85 bits per heavy atom. The highest BCUT2D eigenvalue weighted by molar-refractivity contribution is 9.10. The minimum absolute atomic E-state index is 0.173. The molecular weight excluding hydrogens is 596 g/mol. The number of halogens is 2. The molecular formula is C30H24BrClN4O4. The largest absolute Gasteiger partial charge is 0.497 e. The fraction of sp³-hybridized carbons (Fsp3) is 0.167. The van der Waals surface area contributed by atoms with Crippen LogP contribution in [0.5, 0.6) is 5.75 Å². The summed E-state index contributed by atoms with van der Waals surface area (Å²) in [4.78, 5) is 33.5. The predicted molar refractivity (Wildman–Crippen MR) is 155 cm³/mol. The molecule has 0 atom stereocenters. The molecule has 0 saturated carbocycles. The van der Waals surface area contributed by atoms with Gasteiger partial charge in [-0.1, -0.05) is 41.9 Å². The van der Waals surface area contributed by atoms with E-state index in [4.69, 9.17) is 20.8 Å². The van der Waals surface area contributed by atoms with E-state index in [1.807, 2.05) is 42.5 Å². The highest BCUT2D eigenvalue weighted by Gasteiger charge is 2.32. The van der Waals surface area contributed by atoms with Crippen LogP contribution in [0.25, 0.3) is 17.3 Å². The van der Waals surface area contributed by atoms with Crippen LogP contribution in [0.4, 0.5) is 0 Å². The van der Waals surface area contributed by atoms with E-state index in [-0.39, 0.29) is 18.1 Å². The van der Waals surface area contributed by atoms with Gasteiger partial charge in [0, 0.05) is 29.5 Å². The summed E-state index contributed by atoms with van der Waals surface area (Å²) in [6.45, 7) is 0.908. The molecule has 1 aliphatic heterocycles. The molecule has 40 heavy (non-hydrogen) atoms. The zero-order valence-corrected chi connectivity index (χ0v) is 23.9.